The highest BCUT2D eigenvalue weighted by Gasteiger charge is 2.25. The second-order valence-corrected chi connectivity index (χ2v) is 6.06. The summed E-state index contributed by atoms with van der Waals surface area (Å²) in [7, 11) is 0. The number of amides is 2. The van der Waals surface area contributed by atoms with Crippen molar-refractivity contribution in [2.75, 3.05) is 45.9 Å². The SMILES string of the molecule is CCCN(C(=O)CCC(=O)N1CCOCC1)C1CCNCC1. The van der Waals surface area contributed by atoms with Crippen molar-refractivity contribution in [3.05, 3.63) is 0 Å². The van der Waals surface area contributed by atoms with Crippen LogP contribution in [0.25, 0.3) is 0 Å². The second-order valence-electron chi connectivity index (χ2n) is 6.06. The molecule has 2 fully saturated rings. The highest BCUT2D eigenvalue weighted by atomic mass is 16.5. The van der Waals surface area contributed by atoms with Gasteiger partial charge in [-0.2, -0.15) is 0 Å². The zero-order valence-corrected chi connectivity index (χ0v) is 13.7. The van der Waals surface area contributed by atoms with Gasteiger partial charge in [0.1, 0.15) is 0 Å². The van der Waals surface area contributed by atoms with Crippen LogP contribution in [0, 0.1) is 0 Å². The molecule has 0 spiro atoms. The molecule has 22 heavy (non-hydrogen) atoms. The number of nitrogens with one attached hydrogen (secondary N) is 1. The van der Waals surface area contributed by atoms with E-state index in [1.54, 1.807) is 0 Å². The number of hydrogen-bond acceptors (Lipinski definition) is 4. The number of hydrogen-bond donors (Lipinski definition) is 1. The topological polar surface area (TPSA) is 61.9 Å². The first-order valence-electron chi connectivity index (χ1n) is 8.58. The van der Waals surface area contributed by atoms with E-state index in [0.717, 1.165) is 38.9 Å². The van der Waals surface area contributed by atoms with E-state index in [1.165, 1.54) is 0 Å². The van der Waals surface area contributed by atoms with E-state index in [0.29, 0.717) is 45.2 Å². The maximum absolute atomic E-state index is 12.5. The van der Waals surface area contributed by atoms with Crippen molar-refractivity contribution >= 4 is 11.8 Å². The van der Waals surface area contributed by atoms with E-state index in [1.807, 2.05) is 9.80 Å². The van der Waals surface area contributed by atoms with Gasteiger partial charge in [0.15, 0.2) is 0 Å². The molecule has 6 nitrogen and oxygen atoms in total. The fourth-order valence-corrected chi connectivity index (χ4v) is 3.20. The van der Waals surface area contributed by atoms with Crippen LogP contribution in [0.2, 0.25) is 0 Å². The molecule has 2 amide bonds. The number of carbonyl (C=O) groups is 2. The van der Waals surface area contributed by atoms with Crippen LogP contribution in [0.5, 0.6) is 0 Å². The predicted octanol–water partition coefficient (Wildman–Crippen LogP) is 0.616. The Morgan fingerprint density at radius 1 is 1.18 bits per heavy atom. The number of carbonyl (C=O) groups excluding carboxylic acids is 2. The zero-order chi connectivity index (χ0) is 15.8. The summed E-state index contributed by atoms with van der Waals surface area (Å²) >= 11 is 0. The summed E-state index contributed by atoms with van der Waals surface area (Å²) in [5.74, 6) is 0.216. The van der Waals surface area contributed by atoms with Gasteiger partial charge in [0.25, 0.3) is 0 Å². The third kappa shape index (κ3) is 4.95. The normalized spacial score (nSPS) is 20.0. The Hall–Kier alpha value is -1.14. The van der Waals surface area contributed by atoms with Gasteiger partial charge in [-0.05, 0) is 32.4 Å². The number of nitrogens with zero attached hydrogens (tertiary/aromatic N) is 2. The van der Waals surface area contributed by atoms with Gasteiger partial charge in [0, 0.05) is 38.5 Å². The first-order valence-corrected chi connectivity index (χ1v) is 8.58. The van der Waals surface area contributed by atoms with Crippen LogP contribution in [-0.4, -0.2) is 73.6 Å². The third-order valence-corrected chi connectivity index (χ3v) is 4.45. The van der Waals surface area contributed by atoms with Crippen LogP contribution in [0.1, 0.15) is 39.0 Å². The number of rotatable bonds is 6. The van der Waals surface area contributed by atoms with Crippen molar-refractivity contribution in [1.82, 2.24) is 15.1 Å². The van der Waals surface area contributed by atoms with Crippen molar-refractivity contribution in [3.8, 4) is 0 Å². The van der Waals surface area contributed by atoms with Gasteiger partial charge in [-0.25, -0.2) is 0 Å². The molecular formula is C16H29N3O3. The molecule has 0 aliphatic carbocycles. The first-order chi connectivity index (χ1) is 10.7. The maximum Gasteiger partial charge on any atom is 0.223 e. The largest absolute Gasteiger partial charge is 0.378 e. The molecule has 2 heterocycles. The molecule has 2 saturated heterocycles. The molecule has 0 aromatic heterocycles. The van der Waals surface area contributed by atoms with E-state index >= 15 is 0 Å². The molecule has 2 rings (SSSR count). The molecule has 2 aliphatic rings. The fourth-order valence-electron chi connectivity index (χ4n) is 3.20. The molecule has 6 heteroatoms. The van der Waals surface area contributed by atoms with Gasteiger partial charge in [0.05, 0.1) is 13.2 Å². The summed E-state index contributed by atoms with van der Waals surface area (Å²) in [6.07, 6.45) is 3.66. The second kappa shape index (κ2) is 9.10. The molecule has 0 radical (unpaired) electrons. The Labute approximate surface area is 133 Å². The Bertz CT molecular complexity index is 364. The molecular weight excluding hydrogens is 282 g/mol. The van der Waals surface area contributed by atoms with Crippen molar-refractivity contribution in [1.29, 1.82) is 0 Å². The van der Waals surface area contributed by atoms with Gasteiger partial charge in [-0.15, -0.1) is 0 Å². The van der Waals surface area contributed by atoms with Crippen LogP contribution >= 0.6 is 0 Å². The minimum Gasteiger partial charge on any atom is -0.378 e. The quantitative estimate of drug-likeness (QED) is 0.781. The molecule has 0 unspecified atom stereocenters. The van der Waals surface area contributed by atoms with Crippen LogP contribution in [0.15, 0.2) is 0 Å². The highest BCUT2D eigenvalue weighted by Crippen LogP contribution is 2.15. The highest BCUT2D eigenvalue weighted by molar-refractivity contribution is 5.84. The van der Waals surface area contributed by atoms with Gasteiger partial charge in [-0.3, -0.25) is 9.59 Å². The molecule has 0 bridgehead atoms. The van der Waals surface area contributed by atoms with E-state index in [2.05, 4.69) is 12.2 Å². The minimum atomic E-state index is 0.0819. The van der Waals surface area contributed by atoms with Crippen LogP contribution in [-0.2, 0) is 14.3 Å². The number of morpholine rings is 1. The van der Waals surface area contributed by atoms with E-state index in [9.17, 15) is 9.59 Å². The third-order valence-electron chi connectivity index (χ3n) is 4.45. The standard InChI is InChI=1S/C16H29N3O3/c1-2-9-19(14-5-7-17-8-6-14)16(21)4-3-15(20)18-10-12-22-13-11-18/h14,17H,2-13H2,1H3. The summed E-state index contributed by atoms with van der Waals surface area (Å²) < 4.78 is 5.25. The Balaban J connectivity index is 1.80. The van der Waals surface area contributed by atoms with Crippen LogP contribution < -0.4 is 5.32 Å². The minimum absolute atomic E-state index is 0.0819. The molecule has 1 N–H and O–H groups in total. The summed E-state index contributed by atoms with van der Waals surface area (Å²) in [6, 6.07) is 0.340. The van der Waals surface area contributed by atoms with Crippen molar-refractivity contribution in [3.63, 3.8) is 0 Å². The maximum atomic E-state index is 12.5. The van der Waals surface area contributed by atoms with E-state index in [4.69, 9.17) is 4.74 Å². The predicted molar refractivity (Wildman–Crippen MR) is 84.5 cm³/mol. The van der Waals surface area contributed by atoms with Crippen LogP contribution in [0.4, 0.5) is 0 Å². The molecule has 0 saturated carbocycles. The Kier molecular flexibility index (Phi) is 7.12. The van der Waals surface area contributed by atoms with Crippen LogP contribution in [0.3, 0.4) is 0 Å². The smallest absolute Gasteiger partial charge is 0.223 e. The van der Waals surface area contributed by atoms with E-state index < -0.39 is 0 Å². The monoisotopic (exact) mass is 311 g/mol. The molecule has 0 aromatic rings. The Morgan fingerprint density at radius 3 is 2.50 bits per heavy atom. The number of ether oxygens (including phenoxy) is 1. The summed E-state index contributed by atoms with van der Waals surface area (Å²) in [6.45, 7) is 7.37. The van der Waals surface area contributed by atoms with Crippen molar-refractivity contribution < 1.29 is 14.3 Å². The van der Waals surface area contributed by atoms with Gasteiger partial charge in [0.2, 0.25) is 11.8 Å². The molecule has 0 atom stereocenters. The molecule has 2 aliphatic heterocycles. The zero-order valence-electron chi connectivity index (χ0n) is 13.7. The lowest BCUT2D eigenvalue weighted by molar-refractivity contribution is -0.140. The fraction of sp³-hybridized carbons (Fsp3) is 0.875. The number of piperidine rings is 1. The van der Waals surface area contributed by atoms with Gasteiger partial charge >= 0.3 is 0 Å². The van der Waals surface area contributed by atoms with Crippen molar-refractivity contribution in [2.24, 2.45) is 0 Å². The lowest BCUT2D eigenvalue weighted by Crippen LogP contribution is -2.47. The lowest BCUT2D eigenvalue weighted by atomic mass is 10.0. The summed E-state index contributed by atoms with van der Waals surface area (Å²) in [5.41, 5.74) is 0. The average molecular weight is 311 g/mol. The van der Waals surface area contributed by atoms with Gasteiger partial charge < -0.3 is 19.9 Å². The van der Waals surface area contributed by atoms with Crippen molar-refractivity contribution in [2.45, 2.75) is 45.1 Å². The lowest BCUT2D eigenvalue weighted by Gasteiger charge is -2.35. The first kappa shape index (κ1) is 17.2. The summed E-state index contributed by atoms with van der Waals surface area (Å²) in [4.78, 5) is 28.5. The Morgan fingerprint density at radius 2 is 1.86 bits per heavy atom. The van der Waals surface area contributed by atoms with E-state index in [-0.39, 0.29) is 11.8 Å². The average Bonchev–Trinajstić information content (AvgIpc) is 2.58. The molecule has 126 valence electrons. The van der Waals surface area contributed by atoms with Gasteiger partial charge in [-0.1, -0.05) is 6.92 Å². The molecule has 0 aromatic carbocycles. The summed E-state index contributed by atoms with van der Waals surface area (Å²) in [5, 5.41) is 3.33.